The Bertz CT molecular complexity index is 1800. The van der Waals surface area contributed by atoms with E-state index in [1.165, 1.54) is 5.38 Å². The van der Waals surface area contributed by atoms with Gasteiger partial charge in [-0.3, -0.25) is 5.32 Å². The van der Waals surface area contributed by atoms with Crippen molar-refractivity contribution < 1.29 is 52.8 Å². The molecule has 17 heteroatoms. The number of hydrogen-bond donors (Lipinski definition) is 2. The summed E-state index contributed by atoms with van der Waals surface area (Å²) in [7, 11) is 1.93. The summed E-state index contributed by atoms with van der Waals surface area (Å²) in [5, 5.41) is 18.4. The largest absolute Gasteiger partial charge is 0.489 e. The first-order chi connectivity index (χ1) is 23.6. The van der Waals surface area contributed by atoms with Gasteiger partial charge in [0.1, 0.15) is 40.9 Å². The average molecular weight is 732 g/mol. The summed E-state index contributed by atoms with van der Waals surface area (Å²) in [6.45, 7) is 16.4. The quantitative estimate of drug-likeness (QED) is 0.0936. The van der Waals surface area contributed by atoms with Crippen molar-refractivity contribution in [2.75, 3.05) is 25.0 Å². The molecule has 2 atom stereocenters. The lowest BCUT2D eigenvalue weighted by Crippen LogP contribution is -2.42. The SMILES string of the molecule is C[n+]1c2ccc(OC[C@H](O/N=C(\C(=O)O)c3csc(NC(=O)OC(C)(C)C)n3)C(=O)OC(C)(C)C)cc2cn1[C@@H]1CCN(C(=O)OC(C)(C)C)C1. The summed E-state index contributed by atoms with van der Waals surface area (Å²) in [5.74, 6) is -1.89. The van der Waals surface area contributed by atoms with Crippen molar-refractivity contribution in [2.45, 2.75) is 97.7 Å². The molecule has 2 amide bonds. The second-order valence-corrected chi connectivity index (χ2v) is 15.8. The fourth-order valence-electron chi connectivity index (χ4n) is 5.00. The van der Waals surface area contributed by atoms with Gasteiger partial charge in [0, 0.05) is 18.0 Å². The summed E-state index contributed by atoms with van der Waals surface area (Å²) in [6, 6.07) is 5.45. The Morgan fingerprint density at radius 2 is 1.71 bits per heavy atom. The number of aryl methyl sites for hydroxylation is 1. The summed E-state index contributed by atoms with van der Waals surface area (Å²) in [4.78, 5) is 61.3. The molecule has 1 aliphatic heterocycles. The number of carbonyl (C=O) groups excluding carboxylic acids is 3. The Morgan fingerprint density at radius 3 is 2.33 bits per heavy atom. The zero-order valence-corrected chi connectivity index (χ0v) is 31.5. The number of thiazole rings is 1. The van der Waals surface area contributed by atoms with Gasteiger partial charge in [-0.2, -0.15) is 4.68 Å². The molecule has 1 aromatic carbocycles. The number of ether oxygens (including phenoxy) is 4. The predicted octanol–water partition coefficient (Wildman–Crippen LogP) is 5.05. The first-order valence-corrected chi connectivity index (χ1v) is 17.2. The molecule has 0 saturated carbocycles. The van der Waals surface area contributed by atoms with Crippen molar-refractivity contribution in [1.82, 2.24) is 14.6 Å². The van der Waals surface area contributed by atoms with Gasteiger partial charge in [-0.05, 0) is 80.9 Å². The minimum absolute atomic E-state index is 0.0346. The third kappa shape index (κ3) is 11.0. The molecule has 51 heavy (non-hydrogen) atoms. The van der Waals surface area contributed by atoms with Gasteiger partial charge in [0.15, 0.2) is 12.2 Å². The number of carboxylic acid groups (broad SMARTS) is 1. The Labute approximate surface area is 300 Å². The minimum atomic E-state index is -1.48. The van der Waals surface area contributed by atoms with E-state index in [0.717, 1.165) is 28.7 Å². The number of carboxylic acids is 1. The van der Waals surface area contributed by atoms with Crippen LogP contribution in [0.25, 0.3) is 10.9 Å². The predicted molar refractivity (Wildman–Crippen MR) is 187 cm³/mol. The fraction of sp³-hybridized carbons (Fsp3) is 0.559. The number of amides is 2. The third-order valence-corrected chi connectivity index (χ3v) is 7.81. The van der Waals surface area contributed by atoms with Crippen LogP contribution < -0.4 is 14.7 Å². The number of fused-ring (bicyclic) bond motifs is 1. The van der Waals surface area contributed by atoms with Crippen LogP contribution in [-0.2, 0) is 35.7 Å². The van der Waals surface area contributed by atoms with Crippen LogP contribution in [0.1, 0.15) is 80.5 Å². The molecule has 4 rings (SSSR count). The number of anilines is 1. The van der Waals surface area contributed by atoms with Crippen LogP contribution in [0.15, 0.2) is 34.9 Å². The number of esters is 1. The molecule has 16 nitrogen and oxygen atoms in total. The molecular formula is C34H47N6O10S+. The highest BCUT2D eigenvalue weighted by atomic mass is 32.1. The van der Waals surface area contributed by atoms with Gasteiger partial charge in [-0.15, -0.1) is 16.0 Å². The Morgan fingerprint density at radius 1 is 1.04 bits per heavy atom. The molecule has 2 N–H and O–H groups in total. The highest BCUT2D eigenvalue weighted by Crippen LogP contribution is 2.26. The molecule has 2 aromatic heterocycles. The number of aliphatic carboxylic acids is 1. The standard InChI is InChI=1S/C34H46N6O10S/c1-32(2,3)47-28(43)25(50-37-26(27(41)42)23-19-51-29(35-23)36-30(44)48-33(4,5)6)18-46-22-11-12-24-20(15-22)16-40(38(24)10)21-13-14-39(17-21)31(45)49-34(7,8)9/h11-12,15-16,19,21,25H,13-14,17-18H2,1-10H3,(H-,35,36,41,42,44)/p+1/b37-26-/t21-,25+/m1/s1. The van der Waals surface area contributed by atoms with Gasteiger partial charge < -0.3 is 33.8 Å². The number of hydrogen-bond acceptors (Lipinski definition) is 12. The van der Waals surface area contributed by atoms with Gasteiger partial charge in [-0.1, -0.05) is 5.16 Å². The van der Waals surface area contributed by atoms with Crippen LogP contribution in [0.3, 0.4) is 0 Å². The molecule has 3 heterocycles. The number of nitrogens with one attached hydrogen (secondary N) is 1. The maximum atomic E-state index is 13.1. The van der Waals surface area contributed by atoms with Crippen molar-refractivity contribution >= 4 is 57.2 Å². The number of benzene rings is 1. The maximum absolute atomic E-state index is 13.1. The summed E-state index contributed by atoms with van der Waals surface area (Å²) in [5.41, 5.74) is -2.01. The molecule has 3 aromatic rings. The normalized spacial score (nSPS) is 16.1. The second kappa shape index (κ2) is 15.1. The zero-order chi connectivity index (χ0) is 37.9. The van der Waals surface area contributed by atoms with E-state index in [2.05, 4.69) is 20.1 Å². The summed E-state index contributed by atoms with van der Waals surface area (Å²) in [6.07, 6.45) is 0.172. The number of nitrogens with zero attached hydrogens (tertiary/aromatic N) is 5. The number of aromatic nitrogens is 3. The van der Waals surface area contributed by atoms with Crippen LogP contribution in [0.5, 0.6) is 5.75 Å². The first kappa shape index (κ1) is 38.9. The van der Waals surface area contributed by atoms with Crippen molar-refractivity contribution in [2.24, 2.45) is 12.2 Å². The van der Waals surface area contributed by atoms with Crippen LogP contribution in [0.2, 0.25) is 0 Å². The van der Waals surface area contributed by atoms with Crippen LogP contribution in [-0.4, -0.2) is 92.1 Å². The molecule has 1 fully saturated rings. The molecule has 278 valence electrons. The Balaban J connectivity index is 1.49. The highest BCUT2D eigenvalue weighted by molar-refractivity contribution is 7.14. The fourth-order valence-corrected chi connectivity index (χ4v) is 5.68. The molecule has 0 unspecified atom stereocenters. The van der Waals surface area contributed by atoms with Gasteiger partial charge in [0.05, 0.1) is 18.1 Å². The molecule has 1 saturated heterocycles. The third-order valence-electron chi connectivity index (χ3n) is 7.05. The zero-order valence-electron chi connectivity index (χ0n) is 30.6. The molecule has 1 aliphatic rings. The molecule has 0 radical (unpaired) electrons. The van der Waals surface area contributed by atoms with Crippen molar-refractivity contribution in [3.8, 4) is 5.75 Å². The second-order valence-electron chi connectivity index (χ2n) is 15.0. The van der Waals surface area contributed by atoms with Crippen molar-refractivity contribution in [3.05, 3.63) is 35.5 Å². The van der Waals surface area contributed by atoms with E-state index in [1.807, 2.05) is 44.8 Å². The van der Waals surface area contributed by atoms with E-state index >= 15 is 0 Å². The Hall–Kier alpha value is -4.93. The van der Waals surface area contributed by atoms with Crippen LogP contribution >= 0.6 is 11.3 Å². The molecule has 0 aliphatic carbocycles. The summed E-state index contributed by atoms with van der Waals surface area (Å²) < 4.78 is 26.3. The Kier molecular flexibility index (Phi) is 11.5. The van der Waals surface area contributed by atoms with Crippen LogP contribution in [0, 0.1) is 0 Å². The molecule has 0 spiro atoms. The number of rotatable bonds is 10. The van der Waals surface area contributed by atoms with E-state index in [0.29, 0.717) is 18.8 Å². The number of likely N-dealkylation sites (tertiary alicyclic amines) is 1. The first-order valence-electron chi connectivity index (χ1n) is 16.4. The van der Waals surface area contributed by atoms with Gasteiger partial charge >= 0.3 is 24.1 Å². The lowest BCUT2D eigenvalue weighted by Gasteiger charge is -2.24. The van der Waals surface area contributed by atoms with E-state index in [4.69, 9.17) is 23.8 Å². The lowest BCUT2D eigenvalue weighted by atomic mass is 10.2. The molecular weight excluding hydrogens is 684 g/mol. The van der Waals surface area contributed by atoms with E-state index in [9.17, 15) is 24.3 Å². The highest BCUT2D eigenvalue weighted by Gasteiger charge is 2.34. The maximum Gasteiger partial charge on any atom is 0.413 e. The topological polar surface area (TPSA) is 184 Å². The van der Waals surface area contributed by atoms with E-state index < -0.39 is 46.7 Å². The number of carbonyl (C=O) groups is 4. The average Bonchev–Trinajstić information content (AvgIpc) is 3.71. The van der Waals surface area contributed by atoms with E-state index in [1.54, 1.807) is 58.6 Å². The molecule has 0 bridgehead atoms. The van der Waals surface area contributed by atoms with Crippen molar-refractivity contribution in [1.29, 1.82) is 0 Å². The van der Waals surface area contributed by atoms with Gasteiger partial charge in [0.2, 0.25) is 11.2 Å². The lowest BCUT2D eigenvalue weighted by molar-refractivity contribution is -0.733. The monoisotopic (exact) mass is 731 g/mol. The smallest absolute Gasteiger partial charge is 0.413 e. The summed E-state index contributed by atoms with van der Waals surface area (Å²) >= 11 is 0.955. The van der Waals surface area contributed by atoms with Gasteiger partial charge in [-0.25, -0.2) is 24.2 Å². The van der Waals surface area contributed by atoms with Crippen molar-refractivity contribution in [3.63, 3.8) is 0 Å². The van der Waals surface area contributed by atoms with Crippen LogP contribution in [0.4, 0.5) is 14.7 Å². The number of oxime groups is 1. The van der Waals surface area contributed by atoms with E-state index in [-0.39, 0.29) is 29.6 Å². The minimum Gasteiger partial charge on any atom is -0.489 e. The van der Waals surface area contributed by atoms with Gasteiger partial charge in [0.25, 0.3) is 6.10 Å².